The Morgan fingerprint density at radius 2 is 2.13 bits per heavy atom. The monoisotopic (exact) mass is 212 g/mol. The second-order valence-corrected chi connectivity index (χ2v) is 3.86. The molecule has 0 radical (unpaired) electrons. The lowest BCUT2D eigenvalue weighted by atomic mass is 9.92. The molecule has 0 spiro atoms. The number of carboxylic acids is 1. The lowest BCUT2D eigenvalue weighted by Crippen LogP contribution is -2.48. The quantitative estimate of drug-likeness (QED) is 0.539. The first kappa shape index (κ1) is 13.5. The first-order chi connectivity index (χ1) is 6.85. The van der Waals surface area contributed by atoms with Gasteiger partial charge in [-0.1, -0.05) is 0 Å². The lowest BCUT2D eigenvalue weighted by molar-refractivity contribution is -0.143. The Morgan fingerprint density at radius 1 is 1.60 bits per heavy atom. The van der Waals surface area contributed by atoms with Gasteiger partial charge < -0.3 is 16.2 Å². The molecule has 5 heteroatoms. The summed E-state index contributed by atoms with van der Waals surface area (Å²) in [5.74, 6) is 0.643. The normalized spacial score (nSPS) is 12.7. The molecule has 4 N–H and O–H groups in total. The molecule has 0 rings (SSSR count). The maximum absolute atomic E-state index is 11.6. The number of nitrogens with one attached hydrogen (secondary N) is 1. The SMILES string of the molecule is C#CCC(NC(=O)C(C)(C)CN)C(=O)O. The van der Waals surface area contributed by atoms with Crippen LogP contribution < -0.4 is 11.1 Å². The Bertz CT molecular complexity index is 292. The van der Waals surface area contributed by atoms with Crippen molar-refractivity contribution in [2.24, 2.45) is 11.1 Å². The standard InChI is InChI=1S/C10H16N2O3/c1-4-5-7(8(13)14)12-9(15)10(2,3)6-11/h1,7H,5-6,11H2,2-3H3,(H,12,15)(H,13,14). The molecule has 0 aliphatic carbocycles. The number of hydrogen-bond donors (Lipinski definition) is 3. The predicted octanol–water partition coefficient (Wildman–Crippen LogP) is -0.436. The van der Waals surface area contributed by atoms with E-state index in [4.69, 9.17) is 17.3 Å². The van der Waals surface area contributed by atoms with Gasteiger partial charge in [-0.3, -0.25) is 4.79 Å². The number of nitrogens with two attached hydrogens (primary N) is 1. The summed E-state index contributed by atoms with van der Waals surface area (Å²) in [6, 6.07) is -1.05. The van der Waals surface area contributed by atoms with E-state index in [2.05, 4.69) is 11.2 Å². The van der Waals surface area contributed by atoms with E-state index < -0.39 is 23.3 Å². The third kappa shape index (κ3) is 4.00. The predicted molar refractivity (Wildman–Crippen MR) is 55.9 cm³/mol. The Kier molecular flexibility index (Phi) is 4.82. The van der Waals surface area contributed by atoms with Gasteiger partial charge in [-0.15, -0.1) is 12.3 Å². The number of carbonyl (C=O) groups excluding carboxylic acids is 1. The molecule has 0 aromatic carbocycles. The van der Waals surface area contributed by atoms with Crippen LogP contribution in [0.25, 0.3) is 0 Å². The molecule has 15 heavy (non-hydrogen) atoms. The van der Waals surface area contributed by atoms with Crippen molar-refractivity contribution < 1.29 is 14.7 Å². The number of amides is 1. The van der Waals surface area contributed by atoms with Gasteiger partial charge in [-0.2, -0.15) is 0 Å². The van der Waals surface area contributed by atoms with E-state index in [0.717, 1.165) is 0 Å². The molecule has 0 saturated carbocycles. The fourth-order valence-corrected chi connectivity index (χ4v) is 0.764. The van der Waals surface area contributed by atoms with Gasteiger partial charge in [0.1, 0.15) is 6.04 Å². The zero-order chi connectivity index (χ0) is 12.1. The summed E-state index contributed by atoms with van der Waals surface area (Å²) in [4.78, 5) is 22.3. The van der Waals surface area contributed by atoms with Crippen LogP contribution in [0.15, 0.2) is 0 Å². The van der Waals surface area contributed by atoms with Gasteiger partial charge in [0.25, 0.3) is 0 Å². The van der Waals surface area contributed by atoms with Crippen LogP contribution in [0.3, 0.4) is 0 Å². The van der Waals surface area contributed by atoms with Crippen molar-refractivity contribution in [2.45, 2.75) is 26.3 Å². The zero-order valence-corrected chi connectivity index (χ0v) is 8.91. The van der Waals surface area contributed by atoms with Crippen molar-refractivity contribution in [1.29, 1.82) is 0 Å². The van der Waals surface area contributed by atoms with Gasteiger partial charge in [0, 0.05) is 13.0 Å². The molecule has 0 saturated heterocycles. The molecule has 1 unspecified atom stereocenters. The second-order valence-electron chi connectivity index (χ2n) is 3.86. The van der Waals surface area contributed by atoms with Crippen LogP contribution in [-0.2, 0) is 9.59 Å². The van der Waals surface area contributed by atoms with Gasteiger partial charge in [-0.25, -0.2) is 4.79 Å². The highest BCUT2D eigenvalue weighted by Crippen LogP contribution is 2.12. The Balaban J connectivity index is 4.50. The van der Waals surface area contributed by atoms with Gasteiger partial charge in [0.15, 0.2) is 0 Å². The summed E-state index contributed by atoms with van der Waals surface area (Å²) in [6.07, 6.45) is 4.96. The largest absolute Gasteiger partial charge is 0.480 e. The minimum atomic E-state index is -1.14. The van der Waals surface area contributed by atoms with Gasteiger partial charge in [0.05, 0.1) is 5.41 Å². The molecule has 0 fully saturated rings. The molecule has 0 aliphatic rings. The minimum Gasteiger partial charge on any atom is -0.480 e. The van der Waals surface area contributed by atoms with E-state index in [1.54, 1.807) is 13.8 Å². The van der Waals surface area contributed by atoms with Crippen LogP contribution in [0.2, 0.25) is 0 Å². The highest BCUT2D eigenvalue weighted by Gasteiger charge is 2.29. The van der Waals surface area contributed by atoms with E-state index in [0.29, 0.717) is 0 Å². The highest BCUT2D eigenvalue weighted by atomic mass is 16.4. The number of carboxylic acid groups (broad SMARTS) is 1. The van der Waals surface area contributed by atoms with Crippen molar-refractivity contribution in [3.63, 3.8) is 0 Å². The van der Waals surface area contributed by atoms with Crippen LogP contribution >= 0.6 is 0 Å². The molecule has 1 atom stereocenters. The van der Waals surface area contributed by atoms with Gasteiger partial charge >= 0.3 is 5.97 Å². The molecule has 0 heterocycles. The minimum absolute atomic E-state index is 0.0400. The number of rotatable bonds is 5. The molecule has 0 bridgehead atoms. The number of hydrogen-bond acceptors (Lipinski definition) is 3. The number of terminal acetylenes is 1. The Hall–Kier alpha value is -1.54. The summed E-state index contributed by atoms with van der Waals surface area (Å²) in [7, 11) is 0. The van der Waals surface area contributed by atoms with Gasteiger partial charge in [-0.05, 0) is 13.8 Å². The maximum atomic E-state index is 11.6. The molecule has 84 valence electrons. The molecule has 5 nitrogen and oxygen atoms in total. The molecule has 0 aliphatic heterocycles. The molecular weight excluding hydrogens is 196 g/mol. The van der Waals surface area contributed by atoms with Crippen LogP contribution in [0, 0.1) is 17.8 Å². The van der Waals surface area contributed by atoms with Crippen LogP contribution in [-0.4, -0.2) is 29.6 Å². The third-order valence-corrected chi connectivity index (χ3v) is 2.05. The fraction of sp³-hybridized carbons (Fsp3) is 0.600. The summed E-state index contributed by atoms with van der Waals surface area (Å²) in [5, 5.41) is 11.1. The third-order valence-electron chi connectivity index (χ3n) is 2.05. The second kappa shape index (κ2) is 5.37. The molecule has 0 aromatic heterocycles. The average Bonchev–Trinajstić information content (AvgIpc) is 2.16. The van der Waals surface area contributed by atoms with E-state index in [9.17, 15) is 9.59 Å². The van der Waals surface area contributed by atoms with Crippen molar-refractivity contribution in [1.82, 2.24) is 5.32 Å². The first-order valence-electron chi connectivity index (χ1n) is 4.52. The first-order valence-corrected chi connectivity index (χ1v) is 4.52. The van der Waals surface area contributed by atoms with Crippen LogP contribution in [0.5, 0.6) is 0 Å². The topological polar surface area (TPSA) is 92.4 Å². The average molecular weight is 212 g/mol. The summed E-state index contributed by atoms with van der Waals surface area (Å²) < 4.78 is 0. The molecular formula is C10H16N2O3. The summed E-state index contributed by atoms with van der Waals surface area (Å²) in [6.45, 7) is 3.41. The molecule has 0 aromatic rings. The number of aliphatic carboxylic acids is 1. The van der Waals surface area contributed by atoms with Crippen molar-refractivity contribution in [2.75, 3.05) is 6.54 Å². The van der Waals surface area contributed by atoms with E-state index in [1.807, 2.05) is 0 Å². The van der Waals surface area contributed by atoms with Crippen LogP contribution in [0.4, 0.5) is 0 Å². The number of carbonyl (C=O) groups is 2. The van der Waals surface area contributed by atoms with Gasteiger partial charge in [0.2, 0.25) is 5.91 Å². The van der Waals surface area contributed by atoms with E-state index in [1.165, 1.54) is 0 Å². The molecule has 1 amide bonds. The highest BCUT2D eigenvalue weighted by molar-refractivity contribution is 5.87. The maximum Gasteiger partial charge on any atom is 0.327 e. The summed E-state index contributed by atoms with van der Waals surface area (Å²) >= 11 is 0. The van der Waals surface area contributed by atoms with E-state index >= 15 is 0 Å². The summed E-state index contributed by atoms with van der Waals surface area (Å²) in [5.41, 5.74) is 4.60. The fourth-order valence-electron chi connectivity index (χ4n) is 0.764. The van der Waals surface area contributed by atoms with Crippen molar-refractivity contribution in [3.05, 3.63) is 0 Å². The van der Waals surface area contributed by atoms with Crippen molar-refractivity contribution in [3.8, 4) is 12.3 Å². The lowest BCUT2D eigenvalue weighted by Gasteiger charge is -2.23. The zero-order valence-electron chi connectivity index (χ0n) is 8.91. The Morgan fingerprint density at radius 3 is 2.47 bits per heavy atom. The van der Waals surface area contributed by atoms with E-state index in [-0.39, 0.29) is 13.0 Å². The Labute approximate surface area is 89.0 Å². The van der Waals surface area contributed by atoms with Crippen LogP contribution in [0.1, 0.15) is 20.3 Å². The van der Waals surface area contributed by atoms with Crippen molar-refractivity contribution >= 4 is 11.9 Å². The smallest absolute Gasteiger partial charge is 0.327 e.